The zero-order chi connectivity index (χ0) is 20.8. The number of hydrogen-bond acceptors (Lipinski definition) is 4. The highest BCUT2D eigenvalue weighted by Gasteiger charge is 2.43. The standard InChI is InChI=1S/C22H19BO4S2/c1-28(24,25)23(29(2,26)27)22-19-14-8-6-12-17(19)21(16-10-4-3-5-11-16)18-13-7-9-15-20(18)22/h3-15H,1-2H3. The Morgan fingerprint density at radius 3 is 1.34 bits per heavy atom. The molecule has 4 aromatic rings. The lowest BCUT2D eigenvalue weighted by molar-refractivity contribution is 0.610. The van der Waals surface area contributed by atoms with Gasteiger partial charge >= 0.3 is 5.27 Å². The third-order valence-electron chi connectivity index (χ3n) is 5.05. The summed E-state index contributed by atoms with van der Waals surface area (Å²) < 4.78 is 50.6. The molecular formula is C22H19BO4S2. The molecule has 0 aliphatic carbocycles. The maximum Gasteiger partial charge on any atom is 0.463 e. The molecule has 0 aliphatic heterocycles. The SMILES string of the molecule is CS(=O)(=O)B(c1c2ccccc2c(-c2ccccc2)c2ccccc12)S(C)(=O)=O. The lowest BCUT2D eigenvalue weighted by Gasteiger charge is -2.19. The van der Waals surface area contributed by atoms with Crippen molar-refractivity contribution in [2.45, 2.75) is 0 Å². The second-order valence-corrected chi connectivity index (χ2v) is 11.8. The van der Waals surface area contributed by atoms with E-state index in [2.05, 4.69) is 0 Å². The minimum absolute atomic E-state index is 0.320. The molecule has 7 heteroatoms. The van der Waals surface area contributed by atoms with E-state index in [-0.39, 0.29) is 0 Å². The summed E-state index contributed by atoms with van der Waals surface area (Å²) in [5.74, 6) is 0. The van der Waals surface area contributed by atoms with Gasteiger partial charge in [-0.15, -0.1) is 0 Å². The Morgan fingerprint density at radius 1 is 0.552 bits per heavy atom. The number of rotatable bonds is 4. The highest BCUT2D eigenvalue weighted by atomic mass is 32.3. The van der Waals surface area contributed by atoms with Gasteiger partial charge in [-0.3, -0.25) is 0 Å². The van der Waals surface area contributed by atoms with E-state index in [4.69, 9.17) is 0 Å². The number of fused-ring (bicyclic) bond motifs is 2. The highest BCUT2D eigenvalue weighted by Crippen LogP contribution is 2.36. The van der Waals surface area contributed by atoms with E-state index in [0.29, 0.717) is 16.2 Å². The predicted octanol–water partition coefficient (Wildman–Crippen LogP) is 3.44. The van der Waals surface area contributed by atoms with E-state index in [9.17, 15) is 16.8 Å². The summed E-state index contributed by atoms with van der Waals surface area (Å²) in [6.45, 7) is 0. The normalized spacial score (nSPS) is 12.3. The van der Waals surface area contributed by atoms with Crippen molar-refractivity contribution in [1.82, 2.24) is 0 Å². The topological polar surface area (TPSA) is 68.3 Å². The summed E-state index contributed by atoms with van der Waals surface area (Å²) in [4.78, 5) is 0. The zero-order valence-electron chi connectivity index (χ0n) is 16.0. The first-order valence-electron chi connectivity index (χ1n) is 9.06. The predicted molar refractivity (Wildman–Crippen MR) is 122 cm³/mol. The summed E-state index contributed by atoms with van der Waals surface area (Å²) in [5.41, 5.74) is 2.27. The third-order valence-corrected chi connectivity index (χ3v) is 9.17. The van der Waals surface area contributed by atoms with E-state index in [1.165, 1.54) is 0 Å². The molecule has 0 bridgehead atoms. The van der Waals surface area contributed by atoms with Gasteiger partial charge in [-0.25, -0.2) is 16.8 Å². The average Bonchev–Trinajstić information content (AvgIpc) is 2.66. The Kier molecular flexibility index (Phi) is 4.75. The van der Waals surface area contributed by atoms with Gasteiger partial charge in [-0.2, -0.15) is 0 Å². The maximum absolute atomic E-state index is 12.6. The molecule has 4 nitrogen and oxygen atoms in total. The third kappa shape index (κ3) is 3.45. The van der Waals surface area contributed by atoms with Gasteiger partial charge in [-0.05, 0) is 38.1 Å². The Labute approximate surface area is 170 Å². The van der Waals surface area contributed by atoms with Crippen molar-refractivity contribution in [2.75, 3.05) is 12.5 Å². The molecule has 0 fully saturated rings. The second-order valence-electron chi connectivity index (χ2n) is 7.24. The van der Waals surface area contributed by atoms with Crippen LogP contribution in [0.3, 0.4) is 0 Å². The van der Waals surface area contributed by atoms with Crippen LogP contribution in [0.15, 0.2) is 78.9 Å². The Bertz CT molecular complexity index is 1360. The molecule has 0 N–H and O–H groups in total. The monoisotopic (exact) mass is 422 g/mol. The van der Waals surface area contributed by atoms with Crippen LogP contribution < -0.4 is 5.46 Å². The van der Waals surface area contributed by atoms with Gasteiger partial charge in [0.2, 0.25) is 0 Å². The molecule has 0 aromatic heterocycles. The van der Waals surface area contributed by atoms with Gasteiger partial charge in [0.15, 0.2) is 0 Å². The molecule has 4 aromatic carbocycles. The summed E-state index contributed by atoms with van der Waals surface area (Å²) >= 11 is 0. The van der Waals surface area contributed by atoms with Gasteiger partial charge < -0.3 is 0 Å². The van der Waals surface area contributed by atoms with Crippen LogP contribution in [0.1, 0.15) is 0 Å². The molecule has 0 atom stereocenters. The van der Waals surface area contributed by atoms with Crippen LogP contribution in [0, 0.1) is 0 Å². The molecule has 29 heavy (non-hydrogen) atoms. The minimum atomic E-state index is -3.92. The van der Waals surface area contributed by atoms with E-state index >= 15 is 0 Å². The molecule has 0 saturated carbocycles. The van der Waals surface area contributed by atoms with Crippen molar-refractivity contribution in [1.29, 1.82) is 0 Å². The first-order chi connectivity index (χ1) is 13.7. The van der Waals surface area contributed by atoms with Crippen LogP contribution >= 0.6 is 0 Å². The largest absolute Gasteiger partial charge is 0.463 e. The molecule has 146 valence electrons. The first kappa shape index (κ1) is 19.7. The first-order valence-corrected chi connectivity index (χ1v) is 13.0. The fourth-order valence-corrected chi connectivity index (χ4v) is 7.98. The Morgan fingerprint density at radius 2 is 0.931 bits per heavy atom. The van der Waals surface area contributed by atoms with Crippen LogP contribution in [0.25, 0.3) is 32.7 Å². The molecule has 0 heterocycles. The fraction of sp³-hybridized carbons (Fsp3) is 0.0909. The van der Waals surface area contributed by atoms with Gasteiger partial charge in [0, 0.05) is 12.5 Å². The van der Waals surface area contributed by atoms with Crippen molar-refractivity contribution in [2.24, 2.45) is 0 Å². The molecular weight excluding hydrogens is 403 g/mol. The van der Waals surface area contributed by atoms with E-state index in [0.717, 1.165) is 34.4 Å². The minimum Gasteiger partial charge on any atom is -0.239 e. The molecule has 0 unspecified atom stereocenters. The van der Waals surface area contributed by atoms with E-state index in [1.54, 1.807) is 24.3 Å². The van der Waals surface area contributed by atoms with Crippen molar-refractivity contribution in [3.05, 3.63) is 78.9 Å². The fourth-order valence-electron chi connectivity index (χ4n) is 4.08. The smallest absolute Gasteiger partial charge is 0.239 e. The van der Waals surface area contributed by atoms with Gasteiger partial charge in [0.25, 0.3) is 0 Å². The zero-order valence-corrected chi connectivity index (χ0v) is 17.7. The molecule has 0 aliphatic rings. The Balaban J connectivity index is 2.30. The van der Waals surface area contributed by atoms with Crippen molar-refractivity contribution in [3.63, 3.8) is 0 Å². The van der Waals surface area contributed by atoms with Gasteiger partial charge in [0.05, 0.1) is 0 Å². The summed E-state index contributed by atoms with van der Waals surface area (Å²) in [6.07, 6.45) is 1.96. The average molecular weight is 422 g/mol. The number of hydrogen-bond donors (Lipinski definition) is 0. The van der Waals surface area contributed by atoms with Crippen LogP contribution in [-0.4, -0.2) is 34.6 Å². The maximum atomic E-state index is 12.6. The van der Waals surface area contributed by atoms with Crippen molar-refractivity contribution >= 4 is 51.7 Å². The summed E-state index contributed by atoms with van der Waals surface area (Å²) in [6, 6.07) is 24.6. The number of benzene rings is 4. The van der Waals surface area contributed by atoms with Crippen LogP contribution in [0.5, 0.6) is 0 Å². The van der Waals surface area contributed by atoms with Gasteiger partial charge in [-0.1, -0.05) is 78.9 Å². The van der Waals surface area contributed by atoms with E-state index < -0.39 is 24.6 Å². The molecule has 0 saturated heterocycles. The molecule has 0 spiro atoms. The summed E-state index contributed by atoms with van der Waals surface area (Å²) in [5, 5.41) is 1.28. The van der Waals surface area contributed by atoms with E-state index in [1.807, 2.05) is 54.6 Å². The second kappa shape index (κ2) is 7.00. The molecule has 4 rings (SSSR count). The van der Waals surface area contributed by atoms with Crippen LogP contribution in [0.2, 0.25) is 0 Å². The lowest BCUT2D eigenvalue weighted by atomic mass is 9.79. The van der Waals surface area contributed by atoms with Crippen LogP contribution in [0.4, 0.5) is 0 Å². The van der Waals surface area contributed by atoms with Crippen LogP contribution in [-0.2, 0) is 19.4 Å². The Hall–Kier alpha value is -2.64. The highest BCUT2D eigenvalue weighted by molar-refractivity contribution is 8.48. The van der Waals surface area contributed by atoms with Crippen molar-refractivity contribution < 1.29 is 16.8 Å². The molecule has 0 amide bonds. The lowest BCUT2D eigenvalue weighted by Crippen LogP contribution is -2.46. The molecule has 0 radical (unpaired) electrons. The van der Waals surface area contributed by atoms with Crippen molar-refractivity contribution in [3.8, 4) is 11.1 Å². The quantitative estimate of drug-likeness (QED) is 0.373. The summed E-state index contributed by atoms with van der Waals surface area (Å²) in [7, 11) is -7.85. The van der Waals surface area contributed by atoms with Gasteiger partial charge in [0.1, 0.15) is 19.4 Å².